The average Bonchev–Trinajstić information content (AvgIpc) is 3.21. The minimum absolute atomic E-state index is 0.138. The van der Waals surface area contributed by atoms with Crippen LogP contribution in [0.4, 0.5) is 29.3 Å². The number of anilines is 2. The van der Waals surface area contributed by atoms with Gasteiger partial charge in [0.05, 0.1) is 17.7 Å². The Kier molecular flexibility index (Phi) is 8.07. The molecule has 2 amide bonds. The van der Waals surface area contributed by atoms with Gasteiger partial charge in [0.15, 0.2) is 0 Å². The fraction of sp³-hybridized carbons (Fsp3) is 0.115. The maximum absolute atomic E-state index is 13.5. The van der Waals surface area contributed by atoms with Gasteiger partial charge in [-0.05, 0) is 54.1 Å². The van der Waals surface area contributed by atoms with Gasteiger partial charge in [0.1, 0.15) is 5.75 Å². The van der Waals surface area contributed by atoms with Crippen LogP contribution >= 0.6 is 11.6 Å². The van der Waals surface area contributed by atoms with Crippen LogP contribution in [0.1, 0.15) is 15.9 Å². The van der Waals surface area contributed by atoms with Crippen molar-refractivity contribution in [3.63, 3.8) is 0 Å². The summed E-state index contributed by atoms with van der Waals surface area (Å²) >= 11 is 6.16. The van der Waals surface area contributed by atoms with Crippen LogP contribution in [0, 0.1) is 0 Å². The van der Waals surface area contributed by atoms with Crippen molar-refractivity contribution in [1.82, 2.24) is 9.88 Å². The number of aliphatic carboxylic acids is 1. The number of fused-ring (bicyclic) bond motifs is 1. The van der Waals surface area contributed by atoms with Gasteiger partial charge in [-0.15, -0.1) is 13.2 Å². The van der Waals surface area contributed by atoms with Gasteiger partial charge in [-0.2, -0.15) is 0 Å². The second-order valence-electron chi connectivity index (χ2n) is 8.19. The molecular weight excluding hydrogens is 541 g/mol. The van der Waals surface area contributed by atoms with E-state index in [2.05, 4.69) is 20.7 Å². The van der Waals surface area contributed by atoms with E-state index in [0.717, 1.165) is 12.1 Å². The number of carbonyl (C=O) groups excluding carboxylic acids is 2. The third kappa shape index (κ3) is 7.06. The first-order chi connectivity index (χ1) is 18.5. The third-order valence-corrected chi connectivity index (χ3v) is 5.65. The topological polar surface area (TPSA) is 122 Å². The zero-order valence-corrected chi connectivity index (χ0v) is 20.6. The number of carboxylic acid groups (broad SMARTS) is 1. The Morgan fingerprint density at radius 2 is 1.69 bits per heavy atom. The van der Waals surface area contributed by atoms with E-state index in [9.17, 15) is 27.6 Å². The van der Waals surface area contributed by atoms with E-state index >= 15 is 0 Å². The Labute approximate surface area is 224 Å². The number of carbonyl (C=O) groups is 3. The fourth-order valence-corrected chi connectivity index (χ4v) is 3.98. The predicted molar refractivity (Wildman–Crippen MR) is 138 cm³/mol. The summed E-state index contributed by atoms with van der Waals surface area (Å²) in [5.41, 5.74) is 1.78. The Balaban J connectivity index is 1.57. The molecule has 13 heteroatoms. The van der Waals surface area contributed by atoms with Gasteiger partial charge >= 0.3 is 18.4 Å². The molecule has 3 aromatic carbocycles. The van der Waals surface area contributed by atoms with Crippen molar-refractivity contribution >= 4 is 51.8 Å². The Morgan fingerprint density at radius 3 is 2.38 bits per heavy atom. The molecule has 9 nitrogen and oxygen atoms in total. The van der Waals surface area contributed by atoms with E-state index in [1.54, 1.807) is 42.5 Å². The molecule has 0 saturated heterocycles. The number of ether oxygens (including phenoxy) is 1. The van der Waals surface area contributed by atoms with E-state index in [1.807, 2.05) is 0 Å². The lowest BCUT2D eigenvalue weighted by atomic mass is 10.1. The molecule has 0 atom stereocenters. The summed E-state index contributed by atoms with van der Waals surface area (Å²) in [5.74, 6) is -1.90. The molecule has 4 aromatic rings. The van der Waals surface area contributed by atoms with Crippen molar-refractivity contribution < 1.29 is 37.4 Å². The van der Waals surface area contributed by atoms with E-state index < -0.39 is 30.0 Å². The molecule has 0 aliphatic heterocycles. The number of urea groups is 1. The fourth-order valence-electron chi connectivity index (χ4n) is 3.81. The van der Waals surface area contributed by atoms with E-state index in [4.69, 9.17) is 16.7 Å². The Morgan fingerprint density at radius 1 is 0.974 bits per heavy atom. The minimum Gasteiger partial charge on any atom is -0.480 e. The van der Waals surface area contributed by atoms with Gasteiger partial charge in [-0.25, -0.2) is 4.79 Å². The molecule has 4 rings (SSSR count). The Bertz CT molecular complexity index is 1540. The Hall–Kier alpha value is -4.55. The molecule has 0 aliphatic rings. The van der Waals surface area contributed by atoms with Crippen molar-refractivity contribution in [2.45, 2.75) is 12.9 Å². The highest BCUT2D eigenvalue weighted by atomic mass is 35.5. The molecule has 0 aliphatic carbocycles. The highest BCUT2D eigenvalue weighted by Crippen LogP contribution is 2.30. The lowest BCUT2D eigenvalue weighted by Crippen LogP contribution is -2.23. The van der Waals surface area contributed by atoms with Gasteiger partial charge in [-0.3, -0.25) is 14.2 Å². The molecule has 0 fully saturated rings. The quantitative estimate of drug-likeness (QED) is 0.219. The van der Waals surface area contributed by atoms with Gasteiger partial charge in [0, 0.05) is 34.4 Å². The van der Waals surface area contributed by atoms with Gasteiger partial charge in [0.2, 0.25) is 0 Å². The summed E-state index contributed by atoms with van der Waals surface area (Å²) in [5, 5.41) is 17.6. The highest BCUT2D eigenvalue weighted by molar-refractivity contribution is 6.31. The van der Waals surface area contributed by atoms with E-state index in [-0.39, 0.29) is 24.5 Å². The summed E-state index contributed by atoms with van der Waals surface area (Å²) in [6.45, 7) is -0.145. The molecule has 39 heavy (non-hydrogen) atoms. The van der Waals surface area contributed by atoms with Gasteiger partial charge in [0.25, 0.3) is 5.91 Å². The second-order valence-corrected chi connectivity index (χ2v) is 8.62. The number of halogens is 4. The summed E-state index contributed by atoms with van der Waals surface area (Å²) in [7, 11) is 0. The smallest absolute Gasteiger partial charge is 0.480 e. The van der Waals surface area contributed by atoms with Crippen LogP contribution in [0.3, 0.4) is 0 Å². The number of nitrogens with one attached hydrogen (secondary N) is 3. The van der Waals surface area contributed by atoms with Crippen LogP contribution in [-0.2, 0) is 11.3 Å². The van der Waals surface area contributed by atoms with Crippen LogP contribution in [0.5, 0.6) is 5.75 Å². The lowest BCUT2D eigenvalue weighted by Gasteiger charge is -2.10. The number of rotatable bonds is 8. The van der Waals surface area contributed by atoms with Gasteiger partial charge in [-0.1, -0.05) is 29.8 Å². The van der Waals surface area contributed by atoms with Crippen molar-refractivity contribution in [3.05, 3.63) is 89.1 Å². The number of benzene rings is 3. The van der Waals surface area contributed by atoms with Crippen molar-refractivity contribution in [1.29, 1.82) is 0 Å². The average molecular weight is 561 g/mol. The monoisotopic (exact) mass is 560 g/mol. The number of alkyl halides is 3. The summed E-state index contributed by atoms with van der Waals surface area (Å²) in [6.07, 6.45) is -3.42. The number of hydrogen-bond donors (Lipinski definition) is 4. The third-order valence-electron chi connectivity index (χ3n) is 5.42. The van der Waals surface area contributed by atoms with E-state index in [1.165, 1.54) is 22.9 Å². The predicted octanol–water partition coefficient (Wildman–Crippen LogP) is 5.70. The molecule has 0 unspecified atom stereocenters. The van der Waals surface area contributed by atoms with Crippen LogP contribution < -0.4 is 20.7 Å². The first-order valence-electron chi connectivity index (χ1n) is 11.3. The molecule has 0 saturated carbocycles. The van der Waals surface area contributed by atoms with Gasteiger partial charge < -0.3 is 25.8 Å². The second kappa shape index (κ2) is 11.5. The van der Waals surface area contributed by atoms with Crippen LogP contribution in [-0.4, -0.2) is 40.5 Å². The summed E-state index contributed by atoms with van der Waals surface area (Å²) in [4.78, 5) is 37.1. The first kappa shape index (κ1) is 27.5. The van der Waals surface area contributed by atoms with Crippen molar-refractivity contribution in [2.24, 2.45) is 0 Å². The number of amides is 2. The SMILES string of the molecule is O=C(O)CNCc1ccccc1C(=O)n1cc(NC(=O)Nc2ccc(OC(F)(F)F)cc2)c2cc(Cl)ccc21. The van der Waals surface area contributed by atoms with Crippen molar-refractivity contribution in [2.75, 3.05) is 17.2 Å². The molecule has 202 valence electrons. The molecule has 4 N–H and O–H groups in total. The minimum atomic E-state index is -4.84. The maximum Gasteiger partial charge on any atom is 0.573 e. The molecule has 1 aromatic heterocycles. The molecule has 0 radical (unpaired) electrons. The number of aromatic nitrogens is 1. The maximum atomic E-state index is 13.5. The lowest BCUT2D eigenvalue weighted by molar-refractivity contribution is -0.274. The zero-order valence-electron chi connectivity index (χ0n) is 19.9. The zero-order chi connectivity index (χ0) is 28.2. The van der Waals surface area contributed by atoms with Crippen molar-refractivity contribution in [3.8, 4) is 5.75 Å². The van der Waals surface area contributed by atoms with Crippen LogP contribution in [0.2, 0.25) is 5.02 Å². The first-order valence-corrected chi connectivity index (χ1v) is 11.7. The van der Waals surface area contributed by atoms with Crippen LogP contribution in [0.25, 0.3) is 10.9 Å². The van der Waals surface area contributed by atoms with Crippen LogP contribution in [0.15, 0.2) is 72.9 Å². The number of hydrogen-bond acceptors (Lipinski definition) is 5. The molecule has 1 heterocycles. The number of carboxylic acids is 1. The normalized spacial score (nSPS) is 11.3. The highest BCUT2D eigenvalue weighted by Gasteiger charge is 2.31. The molecular formula is C26H20ClF3N4O5. The number of nitrogens with zero attached hydrogens (tertiary/aromatic N) is 1. The molecule has 0 spiro atoms. The molecule has 0 bridgehead atoms. The summed E-state index contributed by atoms with van der Waals surface area (Å²) < 4.78 is 42.2. The standard InChI is InChI=1S/C26H20ClF3N4O5/c27-16-5-10-22-20(11-16)21(33-25(38)32-17-6-8-18(9-7-17)39-26(28,29)30)14-34(22)24(37)19-4-2-1-3-15(19)12-31-13-23(35)36/h1-11,14,31H,12-13H2,(H,35,36)(H2,32,33,38). The van der Waals surface area contributed by atoms with E-state index in [0.29, 0.717) is 27.1 Å². The summed E-state index contributed by atoms with van der Waals surface area (Å²) in [6, 6.07) is 15.3. The largest absolute Gasteiger partial charge is 0.573 e.